The molecule has 1 aliphatic heterocycles. The first-order valence-corrected chi connectivity index (χ1v) is 5.51. The third kappa shape index (κ3) is 2.15. The van der Waals surface area contributed by atoms with Gasteiger partial charge in [0, 0.05) is 19.8 Å². The van der Waals surface area contributed by atoms with Gasteiger partial charge in [-0.3, -0.25) is 9.48 Å². The molecule has 1 aromatic heterocycles. The van der Waals surface area contributed by atoms with E-state index >= 15 is 0 Å². The fraction of sp³-hybridized carbons (Fsp3) is 0.545. The van der Waals surface area contributed by atoms with Gasteiger partial charge in [0.1, 0.15) is 6.04 Å². The van der Waals surface area contributed by atoms with Gasteiger partial charge in [-0.05, 0) is 12.8 Å². The molecule has 0 bridgehead atoms. The van der Waals surface area contributed by atoms with Gasteiger partial charge in [0.2, 0.25) is 0 Å². The summed E-state index contributed by atoms with van der Waals surface area (Å²) in [4.78, 5) is 25.2. The highest BCUT2D eigenvalue weighted by molar-refractivity contribution is 5.96. The van der Waals surface area contributed by atoms with E-state index < -0.39 is 6.04 Å². The number of carbonyl (C=O) groups is 2. The van der Waals surface area contributed by atoms with Crippen LogP contribution in [-0.4, -0.2) is 46.3 Å². The van der Waals surface area contributed by atoms with E-state index in [0.29, 0.717) is 18.5 Å². The van der Waals surface area contributed by atoms with Crippen molar-refractivity contribution in [1.82, 2.24) is 14.7 Å². The number of esters is 1. The summed E-state index contributed by atoms with van der Waals surface area (Å²) in [5, 5.41) is 3.95. The van der Waals surface area contributed by atoms with E-state index in [9.17, 15) is 9.59 Å². The van der Waals surface area contributed by atoms with Gasteiger partial charge in [0.15, 0.2) is 0 Å². The monoisotopic (exact) mass is 237 g/mol. The largest absolute Gasteiger partial charge is 0.467 e. The van der Waals surface area contributed by atoms with Crippen molar-refractivity contribution in [3.05, 3.63) is 18.0 Å². The molecule has 0 saturated carbocycles. The summed E-state index contributed by atoms with van der Waals surface area (Å²) in [6.07, 6.45) is 4.65. The molecule has 92 valence electrons. The lowest BCUT2D eigenvalue weighted by Gasteiger charge is -2.21. The molecule has 6 nitrogen and oxygen atoms in total. The Hall–Kier alpha value is -1.85. The van der Waals surface area contributed by atoms with E-state index in [1.807, 2.05) is 0 Å². The summed E-state index contributed by atoms with van der Waals surface area (Å²) in [5.41, 5.74) is 0.503. The van der Waals surface area contributed by atoms with Crippen LogP contribution < -0.4 is 0 Å². The molecular weight excluding hydrogens is 222 g/mol. The minimum atomic E-state index is -0.451. The number of hydrogen-bond acceptors (Lipinski definition) is 4. The van der Waals surface area contributed by atoms with Gasteiger partial charge < -0.3 is 9.64 Å². The Morgan fingerprint density at radius 1 is 1.53 bits per heavy atom. The third-order valence-electron chi connectivity index (χ3n) is 2.94. The zero-order valence-electron chi connectivity index (χ0n) is 9.92. The molecule has 0 spiro atoms. The molecule has 1 unspecified atom stereocenters. The average Bonchev–Trinajstić information content (AvgIpc) is 2.95. The smallest absolute Gasteiger partial charge is 0.328 e. The highest BCUT2D eigenvalue weighted by Gasteiger charge is 2.35. The van der Waals surface area contributed by atoms with Gasteiger partial charge in [-0.15, -0.1) is 0 Å². The second-order valence-corrected chi connectivity index (χ2v) is 4.08. The van der Waals surface area contributed by atoms with Gasteiger partial charge in [-0.25, -0.2) is 4.79 Å². The quantitative estimate of drug-likeness (QED) is 0.689. The van der Waals surface area contributed by atoms with Crippen molar-refractivity contribution < 1.29 is 14.3 Å². The van der Waals surface area contributed by atoms with E-state index in [1.165, 1.54) is 13.3 Å². The van der Waals surface area contributed by atoms with Crippen LogP contribution >= 0.6 is 0 Å². The fourth-order valence-corrected chi connectivity index (χ4v) is 2.09. The van der Waals surface area contributed by atoms with E-state index in [-0.39, 0.29) is 11.9 Å². The molecule has 0 N–H and O–H groups in total. The van der Waals surface area contributed by atoms with E-state index in [2.05, 4.69) is 5.10 Å². The highest BCUT2D eigenvalue weighted by atomic mass is 16.5. The number of hydrogen-bond donors (Lipinski definition) is 0. The van der Waals surface area contributed by atoms with Gasteiger partial charge in [-0.2, -0.15) is 5.10 Å². The predicted octanol–water partition coefficient (Wildman–Crippen LogP) is 0.198. The number of ether oxygens (including phenoxy) is 1. The molecular formula is C11H15N3O3. The van der Waals surface area contributed by atoms with Gasteiger partial charge in [0.05, 0.1) is 18.9 Å². The summed E-state index contributed by atoms with van der Waals surface area (Å²) < 4.78 is 6.27. The maximum absolute atomic E-state index is 12.2. The maximum atomic E-state index is 12.2. The number of likely N-dealkylation sites (tertiary alicyclic amines) is 1. The van der Waals surface area contributed by atoms with Crippen LogP contribution in [0.4, 0.5) is 0 Å². The lowest BCUT2D eigenvalue weighted by atomic mass is 10.2. The van der Waals surface area contributed by atoms with Crippen molar-refractivity contribution in [2.45, 2.75) is 18.9 Å². The number of carbonyl (C=O) groups excluding carboxylic acids is 2. The number of amides is 1. The van der Waals surface area contributed by atoms with E-state index in [1.54, 1.807) is 22.8 Å². The minimum Gasteiger partial charge on any atom is -0.467 e. The summed E-state index contributed by atoms with van der Waals surface area (Å²) in [6.45, 7) is 0.591. The Morgan fingerprint density at radius 3 is 2.88 bits per heavy atom. The summed E-state index contributed by atoms with van der Waals surface area (Å²) in [7, 11) is 3.09. The fourth-order valence-electron chi connectivity index (χ4n) is 2.09. The molecule has 2 heterocycles. The molecule has 1 fully saturated rings. The number of aryl methyl sites for hydroxylation is 1. The lowest BCUT2D eigenvalue weighted by Crippen LogP contribution is -2.41. The summed E-state index contributed by atoms with van der Waals surface area (Å²) in [6, 6.07) is -0.451. The molecule has 17 heavy (non-hydrogen) atoms. The van der Waals surface area contributed by atoms with Crippen LogP contribution in [-0.2, 0) is 16.6 Å². The van der Waals surface area contributed by atoms with Crippen molar-refractivity contribution in [1.29, 1.82) is 0 Å². The van der Waals surface area contributed by atoms with Crippen molar-refractivity contribution in [2.75, 3.05) is 13.7 Å². The van der Waals surface area contributed by atoms with Crippen LogP contribution in [0, 0.1) is 0 Å². The van der Waals surface area contributed by atoms with Gasteiger partial charge in [0.25, 0.3) is 5.91 Å². The molecule has 6 heteroatoms. The third-order valence-corrected chi connectivity index (χ3v) is 2.94. The average molecular weight is 237 g/mol. The molecule has 0 aromatic carbocycles. The maximum Gasteiger partial charge on any atom is 0.328 e. The zero-order valence-corrected chi connectivity index (χ0v) is 9.92. The van der Waals surface area contributed by atoms with Crippen LogP contribution in [0.5, 0.6) is 0 Å². The Bertz CT molecular complexity index is 441. The number of aromatic nitrogens is 2. The van der Waals surface area contributed by atoms with Crippen LogP contribution in [0.3, 0.4) is 0 Å². The normalized spacial score (nSPS) is 19.4. The van der Waals surface area contributed by atoms with Crippen molar-refractivity contribution in [3.8, 4) is 0 Å². The number of nitrogens with zero attached hydrogens (tertiary/aromatic N) is 3. The second kappa shape index (κ2) is 4.57. The number of rotatable bonds is 2. The van der Waals surface area contributed by atoms with E-state index in [0.717, 1.165) is 6.42 Å². The molecule has 1 aliphatic rings. The molecule has 1 amide bonds. The minimum absolute atomic E-state index is 0.161. The summed E-state index contributed by atoms with van der Waals surface area (Å²) in [5.74, 6) is -0.509. The molecule has 0 aliphatic carbocycles. The highest BCUT2D eigenvalue weighted by Crippen LogP contribution is 2.20. The van der Waals surface area contributed by atoms with Gasteiger partial charge in [-0.1, -0.05) is 0 Å². The lowest BCUT2D eigenvalue weighted by molar-refractivity contribution is -0.145. The van der Waals surface area contributed by atoms with Crippen LogP contribution in [0.15, 0.2) is 12.4 Å². The van der Waals surface area contributed by atoms with Gasteiger partial charge >= 0.3 is 5.97 Å². The molecule has 1 atom stereocenters. The van der Waals surface area contributed by atoms with Crippen LogP contribution in [0.2, 0.25) is 0 Å². The zero-order chi connectivity index (χ0) is 12.4. The Balaban J connectivity index is 2.16. The first-order valence-electron chi connectivity index (χ1n) is 5.51. The Morgan fingerprint density at radius 2 is 2.29 bits per heavy atom. The standard InChI is InChI=1S/C11H15N3O3/c1-13-7-8(6-12-13)10(15)14-5-3-4-9(14)11(16)17-2/h6-7,9H,3-5H2,1-2H3. The predicted molar refractivity (Wildman–Crippen MR) is 59.3 cm³/mol. The first kappa shape index (κ1) is 11.6. The Kier molecular flexibility index (Phi) is 3.12. The topological polar surface area (TPSA) is 64.4 Å². The van der Waals surface area contributed by atoms with Crippen molar-refractivity contribution >= 4 is 11.9 Å². The van der Waals surface area contributed by atoms with Crippen LogP contribution in [0.25, 0.3) is 0 Å². The van der Waals surface area contributed by atoms with E-state index in [4.69, 9.17) is 4.74 Å². The first-order chi connectivity index (χ1) is 8.13. The molecule has 1 saturated heterocycles. The SMILES string of the molecule is COC(=O)C1CCCN1C(=O)c1cnn(C)c1. The number of methoxy groups -OCH3 is 1. The Labute approximate surface area is 99.1 Å². The van der Waals surface area contributed by atoms with Crippen molar-refractivity contribution in [2.24, 2.45) is 7.05 Å². The molecule has 2 rings (SSSR count). The molecule has 0 radical (unpaired) electrons. The summed E-state index contributed by atoms with van der Waals surface area (Å²) >= 11 is 0. The van der Waals surface area contributed by atoms with Crippen molar-refractivity contribution in [3.63, 3.8) is 0 Å². The van der Waals surface area contributed by atoms with Crippen LogP contribution in [0.1, 0.15) is 23.2 Å². The molecule has 1 aromatic rings. The second-order valence-electron chi connectivity index (χ2n) is 4.08.